The molecule has 0 spiro atoms. The molecule has 2 aliphatic rings. The molecule has 0 aromatic rings. The molecule has 0 bridgehead atoms. The molecule has 1 amide bonds. The van der Waals surface area contributed by atoms with Crippen molar-refractivity contribution in [1.82, 2.24) is 9.80 Å². The van der Waals surface area contributed by atoms with Crippen LogP contribution in [0.25, 0.3) is 0 Å². The quantitative estimate of drug-likeness (QED) is 0.786. The summed E-state index contributed by atoms with van der Waals surface area (Å²) in [5.74, 6) is 0.304. The van der Waals surface area contributed by atoms with Gasteiger partial charge in [0.2, 0.25) is 5.91 Å². The summed E-state index contributed by atoms with van der Waals surface area (Å²) in [6.07, 6.45) is 4.67. The Morgan fingerprint density at radius 2 is 1.89 bits per heavy atom. The third-order valence-corrected chi connectivity index (χ3v) is 4.27. The van der Waals surface area contributed by atoms with E-state index in [0.717, 1.165) is 51.9 Å². The Kier molecular flexibility index (Phi) is 5.60. The number of carbonyl (C=O) groups is 1. The maximum absolute atomic E-state index is 12.3. The minimum atomic E-state index is 0.0218. The van der Waals surface area contributed by atoms with Crippen LogP contribution >= 0.6 is 0 Å². The second kappa shape index (κ2) is 7.22. The molecular formula is C14H27N3O2. The van der Waals surface area contributed by atoms with Crippen molar-refractivity contribution in [3.63, 3.8) is 0 Å². The molecule has 0 aromatic heterocycles. The van der Waals surface area contributed by atoms with E-state index in [1.165, 1.54) is 0 Å². The number of nitrogens with zero attached hydrogens (tertiary/aromatic N) is 2. The Morgan fingerprint density at radius 3 is 2.47 bits per heavy atom. The van der Waals surface area contributed by atoms with E-state index in [-0.39, 0.29) is 6.04 Å². The fraction of sp³-hybridized carbons (Fsp3) is 0.929. The molecule has 0 aromatic carbocycles. The van der Waals surface area contributed by atoms with Crippen molar-refractivity contribution in [3.05, 3.63) is 0 Å². The van der Waals surface area contributed by atoms with Gasteiger partial charge in [0, 0.05) is 32.7 Å². The zero-order valence-electron chi connectivity index (χ0n) is 12.0. The Labute approximate surface area is 116 Å². The van der Waals surface area contributed by atoms with Crippen LogP contribution in [0.4, 0.5) is 0 Å². The van der Waals surface area contributed by atoms with E-state index in [2.05, 4.69) is 4.90 Å². The first-order valence-corrected chi connectivity index (χ1v) is 7.57. The van der Waals surface area contributed by atoms with E-state index < -0.39 is 0 Å². The number of hydrogen-bond donors (Lipinski definition) is 1. The highest BCUT2D eigenvalue weighted by Gasteiger charge is 2.30. The lowest BCUT2D eigenvalue weighted by molar-refractivity contribution is -0.136. The van der Waals surface area contributed by atoms with Gasteiger partial charge in [-0.1, -0.05) is 0 Å². The largest absolute Gasteiger partial charge is 0.377 e. The predicted molar refractivity (Wildman–Crippen MR) is 74.9 cm³/mol. The summed E-state index contributed by atoms with van der Waals surface area (Å²) in [5, 5.41) is 0. The number of likely N-dealkylation sites (tertiary alicyclic amines) is 2. The maximum Gasteiger partial charge on any atom is 0.239 e. The highest BCUT2D eigenvalue weighted by molar-refractivity contribution is 5.81. The molecule has 19 heavy (non-hydrogen) atoms. The average Bonchev–Trinajstić information content (AvgIpc) is 2.98. The lowest BCUT2D eigenvalue weighted by Gasteiger charge is -2.36. The van der Waals surface area contributed by atoms with Gasteiger partial charge in [0.15, 0.2) is 0 Å². The van der Waals surface area contributed by atoms with Gasteiger partial charge in [-0.3, -0.25) is 9.69 Å². The molecule has 0 saturated carbocycles. The van der Waals surface area contributed by atoms with Gasteiger partial charge in [0.05, 0.1) is 18.8 Å². The third kappa shape index (κ3) is 3.91. The number of piperidine rings is 1. The van der Waals surface area contributed by atoms with Crippen LogP contribution in [0.2, 0.25) is 0 Å². The standard InChI is InChI=1S/C14H27N3O2/c1-12(14(18)17-7-2-3-8-17)16-9-4-13(5-10-16)19-11-6-15/h12-13H,2-11,15H2,1H3. The predicted octanol–water partition coefficient (Wildman–Crippen LogP) is 0.437. The molecule has 2 heterocycles. The van der Waals surface area contributed by atoms with Crippen molar-refractivity contribution in [2.24, 2.45) is 5.73 Å². The van der Waals surface area contributed by atoms with Crippen LogP contribution in [0.5, 0.6) is 0 Å². The molecule has 1 unspecified atom stereocenters. The molecule has 5 nitrogen and oxygen atoms in total. The molecule has 2 aliphatic heterocycles. The summed E-state index contributed by atoms with van der Waals surface area (Å²) in [6, 6.07) is 0.0218. The van der Waals surface area contributed by atoms with Gasteiger partial charge in [0.1, 0.15) is 0 Å². The number of ether oxygens (including phenoxy) is 1. The number of nitrogens with two attached hydrogens (primary N) is 1. The normalized spacial score (nSPS) is 23.8. The van der Waals surface area contributed by atoms with Crippen LogP contribution in [0, 0.1) is 0 Å². The van der Waals surface area contributed by atoms with Gasteiger partial charge >= 0.3 is 0 Å². The molecule has 110 valence electrons. The van der Waals surface area contributed by atoms with E-state index in [1.54, 1.807) is 0 Å². The topological polar surface area (TPSA) is 58.8 Å². The number of rotatable bonds is 5. The number of hydrogen-bond acceptors (Lipinski definition) is 4. The van der Waals surface area contributed by atoms with Crippen molar-refractivity contribution in [2.45, 2.75) is 44.8 Å². The van der Waals surface area contributed by atoms with Crippen LogP contribution in [-0.4, -0.2) is 67.2 Å². The first-order chi connectivity index (χ1) is 9.22. The van der Waals surface area contributed by atoms with Crippen LogP contribution in [0.3, 0.4) is 0 Å². The van der Waals surface area contributed by atoms with Gasteiger partial charge in [0.25, 0.3) is 0 Å². The second-order valence-corrected chi connectivity index (χ2v) is 5.60. The van der Waals surface area contributed by atoms with Crippen molar-refractivity contribution < 1.29 is 9.53 Å². The van der Waals surface area contributed by atoms with Gasteiger partial charge < -0.3 is 15.4 Å². The first kappa shape index (κ1) is 14.8. The molecule has 2 saturated heterocycles. The van der Waals surface area contributed by atoms with Crippen molar-refractivity contribution in [1.29, 1.82) is 0 Å². The zero-order chi connectivity index (χ0) is 13.7. The lowest BCUT2D eigenvalue weighted by atomic mass is 10.1. The Hall–Kier alpha value is -0.650. The fourth-order valence-electron chi connectivity index (χ4n) is 3.02. The molecule has 0 aliphatic carbocycles. The zero-order valence-corrected chi connectivity index (χ0v) is 12.0. The highest BCUT2D eigenvalue weighted by atomic mass is 16.5. The first-order valence-electron chi connectivity index (χ1n) is 7.57. The number of amides is 1. The minimum Gasteiger partial charge on any atom is -0.377 e. The smallest absolute Gasteiger partial charge is 0.239 e. The fourth-order valence-corrected chi connectivity index (χ4v) is 3.02. The summed E-state index contributed by atoms with van der Waals surface area (Å²) < 4.78 is 5.67. The third-order valence-electron chi connectivity index (χ3n) is 4.27. The molecular weight excluding hydrogens is 242 g/mol. The summed E-state index contributed by atoms with van der Waals surface area (Å²) in [7, 11) is 0. The van der Waals surface area contributed by atoms with Crippen molar-refractivity contribution in [3.8, 4) is 0 Å². The summed E-state index contributed by atoms with van der Waals surface area (Å²) in [5.41, 5.74) is 5.45. The number of carbonyl (C=O) groups excluding carboxylic acids is 1. The van der Waals surface area contributed by atoms with Gasteiger partial charge in [-0.15, -0.1) is 0 Å². The van der Waals surface area contributed by atoms with E-state index in [0.29, 0.717) is 25.2 Å². The molecule has 1 atom stereocenters. The molecule has 5 heteroatoms. The Morgan fingerprint density at radius 1 is 1.26 bits per heavy atom. The highest BCUT2D eigenvalue weighted by Crippen LogP contribution is 2.18. The van der Waals surface area contributed by atoms with Gasteiger partial charge in [-0.25, -0.2) is 0 Å². The summed E-state index contributed by atoms with van der Waals surface area (Å²) >= 11 is 0. The van der Waals surface area contributed by atoms with Crippen LogP contribution in [-0.2, 0) is 9.53 Å². The molecule has 2 rings (SSSR count). The SMILES string of the molecule is CC(C(=O)N1CCCC1)N1CCC(OCCN)CC1. The summed E-state index contributed by atoms with van der Waals surface area (Å²) in [4.78, 5) is 16.6. The Balaban J connectivity index is 1.75. The van der Waals surface area contributed by atoms with Gasteiger partial charge in [-0.05, 0) is 32.6 Å². The van der Waals surface area contributed by atoms with Crippen LogP contribution in [0.1, 0.15) is 32.6 Å². The van der Waals surface area contributed by atoms with E-state index >= 15 is 0 Å². The van der Waals surface area contributed by atoms with Crippen molar-refractivity contribution in [2.75, 3.05) is 39.3 Å². The van der Waals surface area contributed by atoms with Crippen molar-refractivity contribution >= 4 is 5.91 Å². The Bertz CT molecular complexity index is 284. The van der Waals surface area contributed by atoms with E-state index in [9.17, 15) is 4.79 Å². The van der Waals surface area contributed by atoms with Crippen LogP contribution < -0.4 is 5.73 Å². The van der Waals surface area contributed by atoms with Gasteiger partial charge in [-0.2, -0.15) is 0 Å². The average molecular weight is 269 g/mol. The molecule has 0 radical (unpaired) electrons. The molecule has 2 fully saturated rings. The lowest BCUT2D eigenvalue weighted by Crippen LogP contribution is -2.50. The monoisotopic (exact) mass is 269 g/mol. The maximum atomic E-state index is 12.3. The van der Waals surface area contributed by atoms with E-state index in [1.807, 2.05) is 11.8 Å². The molecule has 2 N–H and O–H groups in total. The van der Waals surface area contributed by atoms with E-state index in [4.69, 9.17) is 10.5 Å². The summed E-state index contributed by atoms with van der Waals surface area (Å²) in [6.45, 7) is 7.07. The second-order valence-electron chi connectivity index (χ2n) is 5.60. The minimum absolute atomic E-state index is 0.0218. The van der Waals surface area contributed by atoms with Crippen LogP contribution in [0.15, 0.2) is 0 Å².